The molecule has 108 valence electrons. The summed E-state index contributed by atoms with van der Waals surface area (Å²) in [6, 6.07) is 19.2. The lowest BCUT2D eigenvalue weighted by Gasteiger charge is -2.29. The van der Waals surface area contributed by atoms with Gasteiger partial charge < -0.3 is 9.47 Å². The van der Waals surface area contributed by atoms with E-state index in [1.807, 2.05) is 60.7 Å². The third-order valence-corrected chi connectivity index (χ3v) is 3.66. The van der Waals surface area contributed by atoms with E-state index in [0.29, 0.717) is 0 Å². The molecule has 2 aromatic rings. The van der Waals surface area contributed by atoms with Gasteiger partial charge in [-0.15, -0.1) is 6.58 Å². The Morgan fingerprint density at radius 1 is 1.05 bits per heavy atom. The van der Waals surface area contributed by atoms with Crippen LogP contribution in [0.25, 0.3) is 0 Å². The van der Waals surface area contributed by atoms with Gasteiger partial charge in [0.05, 0.1) is 6.61 Å². The molecule has 21 heavy (non-hydrogen) atoms. The largest absolute Gasteiger partial charge is 0.339 e. The average Bonchev–Trinajstić information content (AvgIpc) is 3.02. The third-order valence-electron chi connectivity index (χ3n) is 3.66. The number of hydrogen-bond acceptors (Lipinski definition) is 2. The summed E-state index contributed by atoms with van der Waals surface area (Å²) in [6.45, 7) is 3.68. The minimum Gasteiger partial charge on any atom is -0.339 e. The molecule has 1 aliphatic heterocycles. The normalized spacial score (nSPS) is 21.9. The third kappa shape index (κ3) is 2.50. The van der Waals surface area contributed by atoms with E-state index in [2.05, 4.69) is 6.58 Å². The molecule has 0 aromatic heterocycles. The summed E-state index contributed by atoms with van der Waals surface area (Å²) in [6.07, 6.45) is -0.651. The van der Waals surface area contributed by atoms with Gasteiger partial charge in [0, 0.05) is 11.1 Å². The molecule has 1 heterocycles. The summed E-state index contributed by atoms with van der Waals surface area (Å²) in [7, 11) is 0. The number of ether oxygens (including phenoxy) is 2. The van der Waals surface area contributed by atoms with Gasteiger partial charge >= 0.3 is 0 Å². The first-order chi connectivity index (χ1) is 10.3. The number of rotatable bonds is 4. The summed E-state index contributed by atoms with van der Waals surface area (Å²) in [5.41, 5.74) is 1.71. The van der Waals surface area contributed by atoms with Gasteiger partial charge in [0.15, 0.2) is 0 Å². The lowest BCUT2D eigenvalue weighted by Crippen LogP contribution is -2.31. The van der Waals surface area contributed by atoms with E-state index in [9.17, 15) is 4.39 Å². The van der Waals surface area contributed by atoms with Crippen molar-refractivity contribution >= 4 is 0 Å². The van der Waals surface area contributed by atoms with Crippen molar-refractivity contribution in [3.63, 3.8) is 0 Å². The van der Waals surface area contributed by atoms with Crippen LogP contribution in [0.15, 0.2) is 73.3 Å². The van der Waals surface area contributed by atoms with Gasteiger partial charge in [-0.1, -0.05) is 66.7 Å². The van der Waals surface area contributed by atoms with Crippen molar-refractivity contribution in [2.75, 3.05) is 6.61 Å². The zero-order valence-electron chi connectivity index (χ0n) is 11.6. The highest BCUT2D eigenvalue weighted by atomic mass is 19.1. The molecule has 1 saturated heterocycles. The van der Waals surface area contributed by atoms with Crippen molar-refractivity contribution in [3.8, 4) is 0 Å². The molecule has 0 saturated carbocycles. The molecule has 2 nitrogen and oxygen atoms in total. The van der Waals surface area contributed by atoms with Crippen LogP contribution in [-0.4, -0.2) is 18.9 Å². The van der Waals surface area contributed by atoms with E-state index in [-0.39, 0.29) is 6.61 Å². The maximum absolute atomic E-state index is 13.9. The second-order valence-corrected chi connectivity index (χ2v) is 5.00. The Kier molecular flexibility index (Phi) is 3.86. The Labute approximate surface area is 123 Å². The number of halogens is 1. The minimum absolute atomic E-state index is 0.191. The zero-order valence-corrected chi connectivity index (χ0v) is 11.6. The van der Waals surface area contributed by atoms with Gasteiger partial charge in [-0.2, -0.15) is 0 Å². The van der Waals surface area contributed by atoms with E-state index in [0.717, 1.165) is 11.1 Å². The quantitative estimate of drug-likeness (QED) is 0.794. The molecule has 0 bridgehead atoms. The molecule has 0 amide bonds. The predicted octanol–water partition coefficient (Wildman–Crippen LogP) is 3.83. The topological polar surface area (TPSA) is 18.5 Å². The zero-order chi connectivity index (χ0) is 14.7. The van der Waals surface area contributed by atoms with Crippen LogP contribution < -0.4 is 0 Å². The molecule has 0 spiro atoms. The van der Waals surface area contributed by atoms with Gasteiger partial charge in [0.2, 0.25) is 5.79 Å². The molecule has 3 rings (SSSR count). The molecule has 0 aliphatic carbocycles. The fourth-order valence-electron chi connectivity index (χ4n) is 2.57. The Balaban J connectivity index is 2.04. The molecular formula is C18H17FO2. The highest BCUT2D eigenvalue weighted by Crippen LogP contribution is 2.41. The molecule has 2 atom stereocenters. The van der Waals surface area contributed by atoms with E-state index >= 15 is 0 Å². The Morgan fingerprint density at radius 3 is 2.05 bits per heavy atom. The Morgan fingerprint density at radius 2 is 1.57 bits per heavy atom. The van der Waals surface area contributed by atoms with Crippen LogP contribution in [0.4, 0.5) is 4.39 Å². The first-order valence-corrected chi connectivity index (χ1v) is 6.96. The standard InChI is InChI=1S/C18H17FO2/c1-2-16(19)17-13-20-18(21-17,14-9-5-3-6-10-14)15-11-7-4-8-12-15/h2-12,16-17H,1,13H2/t16-,17-/m0/s1. The average molecular weight is 284 g/mol. The van der Waals surface area contributed by atoms with Crippen molar-refractivity contribution in [1.29, 1.82) is 0 Å². The van der Waals surface area contributed by atoms with E-state index in [4.69, 9.17) is 9.47 Å². The van der Waals surface area contributed by atoms with E-state index in [1.165, 1.54) is 6.08 Å². The van der Waals surface area contributed by atoms with Gasteiger partial charge in [0.1, 0.15) is 12.3 Å². The molecule has 2 aromatic carbocycles. The molecule has 1 fully saturated rings. The van der Waals surface area contributed by atoms with Gasteiger partial charge in [-0.3, -0.25) is 0 Å². The minimum atomic E-state index is -1.25. The van der Waals surface area contributed by atoms with Gasteiger partial charge in [0.25, 0.3) is 0 Å². The second-order valence-electron chi connectivity index (χ2n) is 5.00. The fraction of sp³-hybridized carbons (Fsp3) is 0.222. The van der Waals surface area contributed by atoms with Crippen LogP contribution in [0.5, 0.6) is 0 Å². The van der Waals surface area contributed by atoms with Gasteiger partial charge in [-0.05, 0) is 0 Å². The first kappa shape index (κ1) is 14.0. The maximum Gasteiger partial charge on any atom is 0.222 e. The van der Waals surface area contributed by atoms with Crippen LogP contribution in [0, 0.1) is 0 Å². The molecule has 1 aliphatic rings. The lowest BCUT2D eigenvalue weighted by molar-refractivity contribution is -0.147. The molecule has 0 radical (unpaired) electrons. The summed E-state index contributed by atoms with van der Waals surface area (Å²) < 4.78 is 25.8. The van der Waals surface area contributed by atoms with Gasteiger partial charge in [-0.25, -0.2) is 4.39 Å². The highest BCUT2D eigenvalue weighted by Gasteiger charge is 2.46. The van der Waals surface area contributed by atoms with Crippen molar-refractivity contribution in [3.05, 3.63) is 84.4 Å². The summed E-state index contributed by atoms with van der Waals surface area (Å²) in [5.74, 6) is -1.06. The molecule has 0 N–H and O–H groups in total. The number of benzene rings is 2. The van der Waals surface area contributed by atoms with Crippen molar-refractivity contribution in [1.82, 2.24) is 0 Å². The predicted molar refractivity (Wildman–Crippen MR) is 79.6 cm³/mol. The van der Waals surface area contributed by atoms with Crippen molar-refractivity contribution in [2.45, 2.75) is 18.1 Å². The van der Waals surface area contributed by atoms with Crippen molar-refractivity contribution in [2.24, 2.45) is 0 Å². The molecular weight excluding hydrogens is 267 g/mol. The number of alkyl halides is 1. The van der Waals surface area contributed by atoms with Crippen LogP contribution in [0.1, 0.15) is 11.1 Å². The highest BCUT2D eigenvalue weighted by molar-refractivity contribution is 5.34. The van der Waals surface area contributed by atoms with E-state index < -0.39 is 18.1 Å². The van der Waals surface area contributed by atoms with Crippen LogP contribution in [-0.2, 0) is 15.3 Å². The molecule has 3 heteroatoms. The second kappa shape index (κ2) is 5.80. The summed E-state index contributed by atoms with van der Waals surface area (Å²) in [4.78, 5) is 0. The maximum atomic E-state index is 13.9. The fourth-order valence-corrected chi connectivity index (χ4v) is 2.57. The monoisotopic (exact) mass is 284 g/mol. The number of hydrogen-bond donors (Lipinski definition) is 0. The smallest absolute Gasteiger partial charge is 0.222 e. The lowest BCUT2D eigenvalue weighted by atomic mass is 9.97. The van der Waals surface area contributed by atoms with Crippen molar-refractivity contribution < 1.29 is 13.9 Å². The Bertz CT molecular complexity index is 558. The van der Waals surface area contributed by atoms with Crippen LogP contribution in [0.2, 0.25) is 0 Å². The van der Waals surface area contributed by atoms with E-state index in [1.54, 1.807) is 0 Å². The van der Waals surface area contributed by atoms with Crippen LogP contribution in [0.3, 0.4) is 0 Å². The Hall–Kier alpha value is -1.97. The first-order valence-electron chi connectivity index (χ1n) is 6.96. The summed E-state index contributed by atoms with van der Waals surface area (Å²) >= 11 is 0. The summed E-state index contributed by atoms with van der Waals surface area (Å²) in [5, 5.41) is 0. The SMILES string of the molecule is C=C[C@H](F)[C@@H]1COC(c2ccccc2)(c2ccccc2)O1. The van der Waals surface area contributed by atoms with Crippen LogP contribution >= 0.6 is 0 Å². The molecule has 0 unspecified atom stereocenters.